The molecule has 0 heterocycles. The Morgan fingerprint density at radius 3 is 2.33 bits per heavy atom. The van der Waals surface area contributed by atoms with Crippen LogP contribution in [0.4, 0.5) is 13.2 Å². The van der Waals surface area contributed by atoms with Crippen LogP contribution in [0.25, 0.3) is 0 Å². The lowest BCUT2D eigenvalue weighted by Gasteiger charge is -2.39. The monoisotopic (exact) mass is 282 g/mol. The van der Waals surface area contributed by atoms with Crippen molar-refractivity contribution in [1.82, 2.24) is 5.32 Å². The lowest BCUT2D eigenvalue weighted by atomic mass is 9.68. The Kier molecular flexibility index (Phi) is 4.95. The number of alkyl halides is 3. The second kappa shape index (κ2) is 5.86. The summed E-state index contributed by atoms with van der Waals surface area (Å²) in [5.74, 6) is -0.242. The van der Waals surface area contributed by atoms with Gasteiger partial charge in [-0.25, -0.2) is 0 Å². The number of thiocarbonyl (C=S) groups is 1. The zero-order valence-corrected chi connectivity index (χ0v) is 10.8. The third-order valence-electron chi connectivity index (χ3n) is 3.29. The molecular formula is C11H17F3N2OS. The van der Waals surface area contributed by atoms with Crippen molar-refractivity contribution >= 4 is 23.1 Å². The molecule has 0 aromatic heterocycles. The Morgan fingerprint density at radius 2 is 1.94 bits per heavy atom. The molecular weight excluding hydrogens is 265 g/mol. The molecule has 104 valence electrons. The summed E-state index contributed by atoms with van der Waals surface area (Å²) in [6.45, 7) is 0.235. The van der Waals surface area contributed by atoms with Crippen molar-refractivity contribution < 1.29 is 18.0 Å². The van der Waals surface area contributed by atoms with Gasteiger partial charge in [-0.2, -0.15) is 13.2 Å². The number of carbonyl (C=O) groups excluding carboxylic acids is 1. The van der Waals surface area contributed by atoms with E-state index in [0.717, 1.165) is 6.42 Å². The average Bonchev–Trinajstić information content (AvgIpc) is 2.12. The first-order valence-corrected chi connectivity index (χ1v) is 6.34. The van der Waals surface area contributed by atoms with E-state index in [0.29, 0.717) is 19.3 Å². The Labute approximate surface area is 109 Å². The fraction of sp³-hybridized carbons (Fsp3) is 0.818. The van der Waals surface area contributed by atoms with Gasteiger partial charge in [-0.3, -0.25) is 4.79 Å². The van der Waals surface area contributed by atoms with Gasteiger partial charge in [0.2, 0.25) is 5.91 Å². The molecule has 1 rings (SSSR count). The number of hydrogen-bond donors (Lipinski definition) is 2. The van der Waals surface area contributed by atoms with Crippen molar-refractivity contribution in [2.75, 3.05) is 6.54 Å². The predicted molar refractivity (Wildman–Crippen MR) is 66.0 cm³/mol. The minimum atomic E-state index is -4.13. The molecule has 0 aromatic carbocycles. The van der Waals surface area contributed by atoms with Gasteiger partial charge in [0, 0.05) is 13.0 Å². The van der Waals surface area contributed by atoms with E-state index in [1.54, 1.807) is 0 Å². The van der Waals surface area contributed by atoms with Crippen molar-refractivity contribution in [2.45, 2.75) is 44.7 Å². The molecule has 3 nitrogen and oxygen atoms in total. The molecule has 7 heteroatoms. The Balaban J connectivity index is 2.23. The van der Waals surface area contributed by atoms with Gasteiger partial charge >= 0.3 is 6.18 Å². The number of nitrogens with two attached hydrogens (primary N) is 1. The first-order chi connectivity index (χ1) is 8.28. The van der Waals surface area contributed by atoms with Gasteiger partial charge in [0.15, 0.2) is 0 Å². The topological polar surface area (TPSA) is 55.1 Å². The van der Waals surface area contributed by atoms with Gasteiger partial charge in [0.1, 0.15) is 0 Å². The molecule has 1 saturated carbocycles. The first-order valence-electron chi connectivity index (χ1n) is 5.93. The molecule has 0 radical (unpaired) electrons. The van der Waals surface area contributed by atoms with Gasteiger partial charge in [-0.15, -0.1) is 0 Å². The Bertz CT molecular complexity index is 327. The maximum atomic E-state index is 11.9. The lowest BCUT2D eigenvalue weighted by Crippen LogP contribution is -2.53. The Hall–Kier alpha value is -0.850. The summed E-state index contributed by atoms with van der Waals surface area (Å²) < 4.78 is 35.6. The van der Waals surface area contributed by atoms with E-state index >= 15 is 0 Å². The van der Waals surface area contributed by atoms with Crippen molar-refractivity contribution in [3.8, 4) is 0 Å². The first kappa shape index (κ1) is 15.2. The number of carbonyl (C=O) groups is 1. The number of rotatable bonds is 6. The quantitative estimate of drug-likeness (QED) is 0.580. The van der Waals surface area contributed by atoms with Crippen molar-refractivity contribution in [1.29, 1.82) is 0 Å². The van der Waals surface area contributed by atoms with E-state index < -0.39 is 18.0 Å². The van der Waals surface area contributed by atoms with E-state index in [1.165, 1.54) is 0 Å². The molecule has 0 aromatic rings. The van der Waals surface area contributed by atoms with Crippen molar-refractivity contribution in [2.24, 2.45) is 11.1 Å². The van der Waals surface area contributed by atoms with E-state index in [4.69, 9.17) is 18.0 Å². The smallest absolute Gasteiger partial charge is 0.389 e. The number of halogens is 3. The standard InChI is InChI=1S/C11H17F3N2OS/c12-11(13,14)6-1-2-7-16-9(17)10(8(15)18)4-3-5-10/h1-7H2,(H2,15,18)(H,16,17). The molecule has 3 N–H and O–H groups in total. The van der Waals surface area contributed by atoms with Crippen LogP contribution >= 0.6 is 12.2 Å². The third-order valence-corrected chi connectivity index (χ3v) is 3.68. The summed E-state index contributed by atoms with van der Waals surface area (Å²) in [5, 5.41) is 2.62. The van der Waals surface area contributed by atoms with Gasteiger partial charge in [-0.05, 0) is 25.7 Å². The molecule has 0 unspecified atom stereocenters. The largest absolute Gasteiger partial charge is 0.392 e. The highest BCUT2D eigenvalue weighted by molar-refractivity contribution is 7.80. The van der Waals surface area contributed by atoms with Crippen LogP contribution in [0.1, 0.15) is 38.5 Å². The summed E-state index contributed by atoms with van der Waals surface area (Å²) in [5.41, 5.74) is 4.79. The van der Waals surface area contributed by atoms with Crippen molar-refractivity contribution in [3.05, 3.63) is 0 Å². The summed E-state index contributed by atoms with van der Waals surface area (Å²) >= 11 is 4.88. The van der Waals surface area contributed by atoms with E-state index in [-0.39, 0.29) is 23.9 Å². The van der Waals surface area contributed by atoms with Crippen LogP contribution in [-0.2, 0) is 4.79 Å². The number of amides is 1. The van der Waals surface area contributed by atoms with Crippen LogP contribution in [0.2, 0.25) is 0 Å². The van der Waals surface area contributed by atoms with Gasteiger partial charge in [-0.1, -0.05) is 18.6 Å². The van der Waals surface area contributed by atoms with Gasteiger partial charge in [0.25, 0.3) is 0 Å². The average molecular weight is 282 g/mol. The summed E-state index contributed by atoms with van der Waals surface area (Å²) in [6.07, 6.45) is -2.45. The second-order valence-corrected chi connectivity index (χ2v) is 5.07. The summed E-state index contributed by atoms with van der Waals surface area (Å²) in [6, 6.07) is 0. The van der Waals surface area contributed by atoms with Gasteiger partial charge in [0.05, 0.1) is 10.4 Å². The van der Waals surface area contributed by atoms with Crippen LogP contribution in [0.3, 0.4) is 0 Å². The van der Waals surface area contributed by atoms with Gasteiger partial charge < -0.3 is 11.1 Å². The van der Waals surface area contributed by atoms with Crippen LogP contribution in [-0.4, -0.2) is 23.6 Å². The van der Waals surface area contributed by atoms with E-state index in [1.807, 2.05) is 0 Å². The number of hydrogen-bond acceptors (Lipinski definition) is 2. The molecule has 18 heavy (non-hydrogen) atoms. The van der Waals surface area contributed by atoms with E-state index in [2.05, 4.69) is 5.32 Å². The number of nitrogens with one attached hydrogen (secondary N) is 1. The van der Waals surface area contributed by atoms with Crippen molar-refractivity contribution in [3.63, 3.8) is 0 Å². The normalized spacial score (nSPS) is 17.9. The minimum Gasteiger partial charge on any atom is -0.392 e. The summed E-state index contributed by atoms with van der Waals surface area (Å²) in [4.78, 5) is 12.0. The maximum Gasteiger partial charge on any atom is 0.389 e. The SMILES string of the molecule is NC(=S)C1(C(=O)NCCCCC(F)(F)F)CCC1. The zero-order chi connectivity index (χ0) is 13.8. The highest BCUT2D eigenvalue weighted by Gasteiger charge is 2.46. The van der Waals surface area contributed by atoms with Crippen LogP contribution in [0.5, 0.6) is 0 Å². The van der Waals surface area contributed by atoms with Crippen LogP contribution in [0.15, 0.2) is 0 Å². The molecule has 0 aliphatic heterocycles. The second-order valence-electron chi connectivity index (χ2n) is 4.63. The molecule has 0 bridgehead atoms. The number of unbranched alkanes of at least 4 members (excludes halogenated alkanes) is 1. The summed E-state index contributed by atoms with van der Waals surface area (Å²) in [7, 11) is 0. The molecule has 0 atom stereocenters. The van der Waals surface area contributed by atoms with Crippen LogP contribution < -0.4 is 11.1 Å². The molecule has 1 aliphatic carbocycles. The molecule has 1 aliphatic rings. The third kappa shape index (κ3) is 3.83. The fourth-order valence-corrected chi connectivity index (χ4v) is 2.23. The predicted octanol–water partition coefficient (Wildman–Crippen LogP) is 2.29. The Morgan fingerprint density at radius 1 is 1.33 bits per heavy atom. The molecule has 0 spiro atoms. The molecule has 0 saturated heterocycles. The highest BCUT2D eigenvalue weighted by Crippen LogP contribution is 2.41. The van der Waals surface area contributed by atoms with Crippen LogP contribution in [0, 0.1) is 5.41 Å². The lowest BCUT2D eigenvalue weighted by molar-refractivity contribution is -0.135. The molecule has 1 fully saturated rings. The fourth-order valence-electron chi connectivity index (χ4n) is 1.94. The minimum absolute atomic E-state index is 0.0177. The zero-order valence-electron chi connectivity index (χ0n) is 9.98. The highest BCUT2D eigenvalue weighted by atomic mass is 32.1. The van der Waals surface area contributed by atoms with E-state index in [9.17, 15) is 18.0 Å². The molecule has 1 amide bonds. The maximum absolute atomic E-state index is 11.9.